The number of hydrogen-bond acceptors (Lipinski definition) is 5. The van der Waals surface area contributed by atoms with E-state index in [1.54, 1.807) is 34.6 Å². The van der Waals surface area contributed by atoms with Gasteiger partial charge in [-0.1, -0.05) is 0 Å². The van der Waals surface area contributed by atoms with E-state index in [1.807, 2.05) is 0 Å². The second kappa shape index (κ2) is 5.73. The van der Waals surface area contributed by atoms with E-state index in [-0.39, 0.29) is 12.3 Å². The van der Waals surface area contributed by atoms with Crippen LogP contribution in [0, 0.1) is 6.92 Å². The molecule has 1 aromatic heterocycles. The van der Waals surface area contributed by atoms with Gasteiger partial charge in [-0.3, -0.25) is 0 Å². The van der Waals surface area contributed by atoms with Gasteiger partial charge in [0.15, 0.2) is 5.69 Å². The normalized spacial score (nSPS) is 11.3. The molecule has 0 saturated heterocycles. The first-order chi connectivity index (χ1) is 8.67. The Morgan fingerprint density at radius 1 is 1.37 bits per heavy atom. The molecule has 0 aromatic carbocycles. The Morgan fingerprint density at radius 2 is 1.95 bits per heavy atom. The fourth-order valence-electron chi connectivity index (χ4n) is 1.30. The maximum absolute atomic E-state index is 11.9. The van der Waals surface area contributed by atoms with Gasteiger partial charge in [0.1, 0.15) is 5.60 Å². The molecule has 0 aliphatic heterocycles. The minimum Gasteiger partial charge on any atom is -0.461 e. The molecule has 1 rings (SSSR count). The molecule has 0 aliphatic carbocycles. The van der Waals surface area contributed by atoms with Crippen molar-refractivity contribution in [2.45, 2.75) is 40.2 Å². The quantitative estimate of drug-likeness (QED) is 0.778. The van der Waals surface area contributed by atoms with Crippen molar-refractivity contribution in [3.05, 3.63) is 15.9 Å². The molecule has 0 saturated carbocycles. The lowest BCUT2D eigenvalue weighted by Crippen LogP contribution is -2.28. The Kier molecular flexibility index (Phi) is 4.73. The van der Waals surface area contributed by atoms with Crippen molar-refractivity contribution in [3.8, 4) is 0 Å². The Labute approximate surface area is 120 Å². The summed E-state index contributed by atoms with van der Waals surface area (Å²) in [5.41, 5.74) is -0.0889. The van der Waals surface area contributed by atoms with Crippen LogP contribution >= 0.6 is 15.9 Å². The molecule has 7 heteroatoms. The Balaban J connectivity index is 3.08. The van der Waals surface area contributed by atoms with Gasteiger partial charge in [-0.2, -0.15) is 9.78 Å². The Bertz CT molecular complexity index is 503. The number of esters is 1. The highest BCUT2D eigenvalue weighted by atomic mass is 79.9. The lowest BCUT2D eigenvalue weighted by atomic mass is 10.2. The molecule has 19 heavy (non-hydrogen) atoms. The van der Waals surface area contributed by atoms with E-state index in [1.165, 1.54) is 0 Å². The van der Waals surface area contributed by atoms with Crippen molar-refractivity contribution in [2.24, 2.45) is 0 Å². The summed E-state index contributed by atoms with van der Waals surface area (Å²) in [6, 6.07) is 0. The molecule has 0 unspecified atom stereocenters. The molecule has 1 aromatic rings. The third kappa shape index (κ3) is 3.79. The molecule has 0 radical (unpaired) electrons. The van der Waals surface area contributed by atoms with E-state index in [0.29, 0.717) is 10.2 Å². The number of carbonyl (C=O) groups excluding carboxylic acids is 2. The van der Waals surface area contributed by atoms with Gasteiger partial charge in [0.05, 0.1) is 16.8 Å². The summed E-state index contributed by atoms with van der Waals surface area (Å²) in [6.07, 6.45) is -0.638. The van der Waals surface area contributed by atoms with Crippen LogP contribution in [0.3, 0.4) is 0 Å². The van der Waals surface area contributed by atoms with Crippen LogP contribution in [0.15, 0.2) is 4.47 Å². The largest absolute Gasteiger partial charge is 0.461 e. The van der Waals surface area contributed by atoms with E-state index in [4.69, 9.17) is 9.47 Å². The second-order valence-electron chi connectivity index (χ2n) is 4.86. The lowest BCUT2D eigenvalue weighted by molar-refractivity contribution is 0.0499. The van der Waals surface area contributed by atoms with Crippen LogP contribution < -0.4 is 0 Å². The monoisotopic (exact) mass is 332 g/mol. The lowest BCUT2D eigenvalue weighted by Gasteiger charge is -2.19. The van der Waals surface area contributed by atoms with Gasteiger partial charge in [0, 0.05) is 0 Å². The topological polar surface area (TPSA) is 70.4 Å². The van der Waals surface area contributed by atoms with Gasteiger partial charge in [0.2, 0.25) is 0 Å². The Hall–Kier alpha value is -1.37. The Morgan fingerprint density at radius 3 is 2.42 bits per heavy atom. The summed E-state index contributed by atoms with van der Waals surface area (Å²) >= 11 is 3.23. The van der Waals surface area contributed by atoms with Gasteiger partial charge in [-0.25, -0.2) is 9.59 Å². The summed E-state index contributed by atoms with van der Waals surface area (Å²) in [7, 11) is 0. The molecule has 106 valence electrons. The zero-order chi connectivity index (χ0) is 14.8. The maximum Gasteiger partial charge on any atom is 0.435 e. The number of nitrogens with zero attached hydrogens (tertiary/aromatic N) is 2. The number of aromatic nitrogens is 2. The zero-order valence-electron chi connectivity index (χ0n) is 11.6. The average Bonchev–Trinajstić information content (AvgIpc) is 2.54. The van der Waals surface area contributed by atoms with Crippen LogP contribution in [0.5, 0.6) is 0 Å². The fraction of sp³-hybridized carbons (Fsp3) is 0.583. The van der Waals surface area contributed by atoms with Crippen molar-refractivity contribution < 1.29 is 19.1 Å². The number of carbonyl (C=O) groups is 2. The van der Waals surface area contributed by atoms with Crippen LogP contribution in [0.2, 0.25) is 0 Å². The second-order valence-corrected chi connectivity index (χ2v) is 5.65. The third-order valence-electron chi connectivity index (χ3n) is 2.08. The summed E-state index contributed by atoms with van der Waals surface area (Å²) in [5, 5.41) is 3.93. The van der Waals surface area contributed by atoms with Crippen LogP contribution in [-0.4, -0.2) is 34.1 Å². The van der Waals surface area contributed by atoms with Crippen LogP contribution in [0.25, 0.3) is 0 Å². The first-order valence-corrected chi connectivity index (χ1v) is 6.62. The standard InChI is InChI=1S/C12H17BrN2O4/c1-6-18-10(16)9-8(13)7(2)15(14-9)11(17)19-12(3,4)5/h6H2,1-5H3. The van der Waals surface area contributed by atoms with Crippen LogP contribution in [0.1, 0.15) is 43.9 Å². The van der Waals surface area contributed by atoms with E-state index in [2.05, 4.69) is 21.0 Å². The molecule has 0 bridgehead atoms. The van der Waals surface area contributed by atoms with E-state index in [0.717, 1.165) is 4.68 Å². The third-order valence-corrected chi connectivity index (χ3v) is 3.03. The molecule has 0 fully saturated rings. The number of rotatable bonds is 2. The van der Waals surface area contributed by atoms with Gasteiger partial charge in [0.25, 0.3) is 0 Å². The van der Waals surface area contributed by atoms with Crippen LogP contribution in [-0.2, 0) is 9.47 Å². The van der Waals surface area contributed by atoms with E-state index < -0.39 is 17.7 Å². The first-order valence-electron chi connectivity index (χ1n) is 5.83. The van der Waals surface area contributed by atoms with Crippen molar-refractivity contribution in [2.75, 3.05) is 6.61 Å². The van der Waals surface area contributed by atoms with Crippen molar-refractivity contribution in [1.82, 2.24) is 9.78 Å². The number of ether oxygens (including phenoxy) is 2. The highest BCUT2D eigenvalue weighted by molar-refractivity contribution is 9.10. The highest BCUT2D eigenvalue weighted by Gasteiger charge is 2.26. The molecular weight excluding hydrogens is 316 g/mol. The predicted molar refractivity (Wildman–Crippen MR) is 72.3 cm³/mol. The molecule has 1 heterocycles. The van der Waals surface area contributed by atoms with E-state index in [9.17, 15) is 9.59 Å². The molecule has 0 atom stereocenters. The van der Waals surface area contributed by atoms with Crippen molar-refractivity contribution in [3.63, 3.8) is 0 Å². The molecule has 0 N–H and O–H groups in total. The van der Waals surface area contributed by atoms with E-state index >= 15 is 0 Å². The summed E-state index contributed by atoms with van der Waals surface area (Å²) in [4.78, 5) is 23.6. The van der Waals surface area contributed by atoms with Gasteiger partial charge >= 0.3 is 12.1 Å². The molecule has 6 nitrogen and oxygen atoms in total. The summed E-state index contributed by atoms with van der Waals surface area (Å²) < 4.78 is 11.5. The number of hydrogen-bond donors (Lipinski definition) is 0. The van der Waals surface area contributed by atoms with Gasteiger partial charge < -0.3 is 9.47 Å². The van der Waals surface area contributed by atoms with Crippen LogP contribution in [0.4, 0.5) is 4.79 Å². The molecule has 0 aliphatic rings. The predicted octanol–water partition coefficient (Wildman–Crippen LogP) is 2.91. The minimum absolute atomic E-state index is 0.0604. The SMILES string of the molecule is CCOC(=O)c1nn(C(=O)OC(C)(C)C)c(C)c1Br. The first kappa shape index (κ1) is 15.7. The van der Waals surface area contributed by atoms with Gasteiger partial charge in [-0.15, -0.1) is 0 Å². The molecule has 0 amide bonds. The summed E-state index contributed by atoms with van der Waals surface area (Å²) in [6.45, 7) is 8.86. The number of halogens is 1. The van der Waals surface area contributed by atoms with Crippen molar-refractivity contribution >= 4 is 28.0 Å². The average molecular weight is 333 g/mol. The summed E-state index contributed by atoms with van der Waals surface area (Å²) in [5.74, 6) is -0.584. The zero-order valence-corrected chi connectivity index (χ0v) is 13.2. The fourth-order valence-corrected chi connectivity index (χ4v) is 1.71. The molecular formula is C12H17BrN2O4. The maximum atomic E-state index is 11.9. The smallest absolute Gasteiger partial charge is 0.435 e. The minimum atomic E-state index is -0.638. The van der Waals surface area contributed by atoms with Crippen molar-refractivity contribution in [1.29, 1.82) is 0 Å². The molecule has 0 spiro atoms. The highest BCUT2D eigenvalue weighted by Crippen LogP contribution is 2.22. The van der Waals surface area contributed by atoms with Gasteiger partial charge in [-0.05, 0) is 50.5 Å².